The predicted octanol–water partition coefficient (Wildman–Crippen LogP) is 3.10. The first kappa shape index (κ1) is 20.4. The zero-order valence-corrected chi connectivity index (χ0v) is 15.9. The van der Waals surface area contributed by atoms with Crippen LogP contribution in [0.2, 0.25) is 5.02 Å². The second kappa shape index (κ2) is 9.14. The summed E-state index contributed by atoms with van der Waals surface area (Å²) in [5.41, 5.74) is 0.640. The Morgan fingerprint density at radius 3 is 2.52 bits per heavy atom. The van der Waals surface area contributed by atoms with Gasteiger partial charge < -0.3 is 24.6 Å². The minimum atomic E-state index is -0.828. The molecule has 0 heterocycles. The molecule has 0 saturated carbocycles. The molecule has 0 bridgehead atoms. The number of hydrogen-bond acceptors (Lipinski definition) is 6. The summed E-state index contributed by atoms with van der Waals surface area (Å²) in [6.45, 7) is 1.26. The van der Waals surface area contributed by atoms with Gasteiger partial charge in [0.2, 0.25) is 0 Å². The van der Waals surface area contributed by atoms with Gasteiger partial charge in [0.25, 0.3) is 5.91 Å². The second-order valence-corrected chi connectivity index (χ2v) is 6.07. The monoisotopic (exact) mass is 393 g/mol. The molecule has 7 nitrogen and oxygen atoms in total. The second-order valence-electron chi connectivity index (χ2n) is 5.63. The summed E-state index contributed by atoms with van der Waals surface area (Å²) in [5, 5.41) is 12.7. The van der Waals surface area contributed by atoms with Crippen molar-refractivity contribution in [2.75, 3.05) is 20.8 Å². The fourth-order valence-electron chi connectivity index (χ4n) is 2.42. The van der Waals surface area contributed by atoms with Crippen LogP contribution in [0.5, 0.6) is 17.2 Å². The van der Waals surface area contributed by atoms with Gasteiger partial charge in [-0.2, -0.15) is 0 Å². The third-order valence-corrected chi connectivity index (χ3v) is 4.03. The zero-order valence-electron chi connectivity index (χ0n) is 15.1. The van der Waals surface area contributed by atoms with Crippen LogP contribution in [0, 0.1) is 0 Å². The Morgan fingerprint density at radius 1 is 1.15 bits per heavy atom. The van der Waals surface area contributed by atoms with Crippen LogP contribution in [0.4, 0.5) is 0 Å². The number of phenolic OH excluding ortho intramolecular Hbond substituents is 1. The molecule has 2 N–H and O–H groups in total. The highest BCUT2D eigenvalue weighted by Crippen LogP contribution is 2.29. The lowest BCUT2D eigenvalue weighted by molar-refractivity contribution is -0.124. The van der Waals surface area contributed by atoms with E-state index in [1.54, 1.807) is 32.2 Å². The number of nitrogens with one attached hydrogen (secondary N) is 1. The van der Waals surface area contributed by atoms with E-state index in [1.165, 1.54) is 25.3 Å². The summed E-state index contributed by atoms with van der Waals surface area (Å²) in [7, 11) is 3.07. The molecule has 0 aliphatic carbocycles. The minimum Gasteiger partial charge on any atom is -0.507 e. The van der Waals surface area contributed by atoms with Crippen molar-refractivity contribution in [3.8, 4) is 17.2 Å². The Balaban J connectivity index is 1.98. The maximum atomic E-state index is 12.1. The zero-order chi connectivity index (χ0) is 20.0. The van der Waals surface area contributed by atoms with Crippen molar-refractivity contribution in [1.29, 1.82) is 0 Å². The average molecular weight is 394 g/mol. The summed E-state index contributed by atoms with van der Waals surface area (Å²) >= 11 is 5.72. The van der Waals surface area contributed by atoms with Crippen molar-refractivity contribution in [2.24, 2.45) is 0 Å². The number of halogens is 1. The first-order chi connectivity index (χ1) is 12.8. The van der Waals surface area contributed by atoms with Crippen molar-refractivity contribution >= 4 is 23.5 Å². The maximum Gasteiger partial charge on any atom is 0.342 e. The van der Waals surface area contributed by atoms with E-state index in [9.17, 15) is 14.7 Å². The van der Waals surface area contributed by atoms with Crippen LogP contribution < -0.4 is 14.8 Å². The molecule has 2 aromatic rings. The minimum absolute atomic E-state index is 0.0743. The van der Waals surface area contributed by atoms with E-state index in [1.807, 2.05) is 0 Å². The van der Waals surface area contributed by atoms with Crippen molar-refractivity contribution in [3.05, 3.63) is 52.5 Å². The van der Waals surface area contributed by atoms with Crippen LogP contribution in [0.15, 0.2) is 36.4 Å². The van der Waals surface area contributed by atoms with Crippen molar-refractivity contribution in [2.45, 2.75) is 13.0 Å². The number of rotatable bonds is 7. The van der Waals surface area contributed by atoms with E-state index in [-0.39, 0.29) is 16.3 Å². The van der Waals surface area contributed by atoms with Crippen LogP contribution in [0.3, 0.4) is 0 Å². The van der Waals surface area contributed by atoms with E-state index in [4.69, 9.17) is 25.8 Å². The Morgan fingerprint density at radius 2 is 1.89 bits per heavy atom. The first-order valence-electron chi connectivity index (χ1n) is 8.02. The lowest BCUT2D eigenvalue weighted by atomic mass is 10.1. The van der Waals surface area contributed by atoms with Gasteiger partial charge in [-0.25, -0.2) is 4.79 Å². The van der Waals surface area contributed by atoms with Crippen molar-refractivity contribution in [1.82, 2.24) is 5.32 Å². The number of hydrogen-bond donors (Lipinski definition) is 2. The number of ether oxygens (including phenoxy) is 3. The van der Waals surface area contributed by atoms with Gasteiger partial charge in [0, 0.05) is 10.6 Å². The molecule has 1 amide bonds. The van der Waals surface area contributed by atoms with E-state index in [0.717, 1.165) is 0 Å². The molecule has 0 spiro atoms. The molecule has 0 aliphatic rings. The molecule has 2 rings (SSSR count). The van der Waals surface area contributed by atoms with Crippen LogP contribution in [0.1, 0.15) is 28.9 Å². The summed E-state index contributed by atoms with van der Waals surface area (Å²) in [4.78, 5) is 24.1. The molecule has 0 aromatic heterocycles. The number of benzene rings is 2. The molecule has 8 heteroatoms. The normalized spacial score (nSPS) is 11.4. The standard InChI is InChI=1S/C19H20ClNO6/c1-11(15-9-13(25-2)5-7-17(15)26-3)21-18(23)10-27-19(24)14-6-4-12(20)8-16(14)22/h4-9,11,22H,10H2,1-3H3,(H,21,23)/t11-/m1/s1. The molecule has 0 fully saturated rings. The molecule has 144 valence electrons. The summed E-state index contributed by atoms with van der Waals surface area (Å²) in [6.07, 6.45) is 0. The van der Waals surface area contributed by atoms with Gasteiger partial charge in [-0.3, -0.25) is 4.79 Å². The number of amides is 1. The molecule has 0 aliphatic heterocycles. The van der Waals surface area contributed by atoms with Gasteiger partial charge in [-0.05, 0) is 43.3 Å². The largest absolute Gasteiger partial charge is 0.507 e. The Hall–Kier alpha value is -2.93. The molecule has 0 radical (unpaired) electrons. The highest BCUT2D eigenvalue weighted by molar-refractivity contribution is 6.30. The van der Waals surface area contributed by atoms with Gasteiger partial charge in [-0.15, -0.1) is 0 Å². The van der Waals surface area contributed by atoms with Crippen LogP contribution in [-0.4, -0.2) is 37.8 Å². The quantitative estimate of drug-likeness (QED) is 0.702. The molecule has 0 unspecified atom stereocenters. The predicted molar refractivity (Wildman–Crippen MR) is 99.5 cm³/mol. The highest BCUT2D eigenvalue weighted by Gasteiger charge is 2.18. The number of carbonyl (C=O) groups is 2. The Labute approximate surface area is 161 Å². The Kier molecular flexibility index (Phi) is 6.90. The summed E-state index contributed by atoms with van der Waals surface area (Å²) in [6, 6.07) is 8.80. The van der Waals surface area contributed by atoms with E-state index in [0.29, 0.717) is 17.1 Å². The number of methoxy groups -OCH3 is 2. The number of carbonyl (C=O) groups excluding carboxylic acids is 2. The molecular formula is C19H20ClNO6. The molecule has 27 heavy (non-hydrogen) atoms. The molecule has 0 saturated heterocycles. The third kappa shape index (κ3) is 5.27. The van der Waals surface area contributed by atoms with E-state index < -0.39 is 24.5 Å². The topological polar surface area (TPSA) is 94.1 Å². The summed E-state index contributed by atoms with van der Waals surface area (Å²) in [5.74, 6) is -0.439. The fourth-order valence-corrected chi connectivity index (χ4v) is 2.59. The van der Waals surface area contributed by atoms with Gasteiger partial charge in [0.15, 0.2) is 6.61 Å². The average Bonchev–Trinajstić information content (AvgIpc) is 2.65. The molecule has 2 aromatic carbocycles. The van der Waals surface area contributed by atoms with E-state index in [2.05, 4.69) is 5.32 Å². The lowest BCUT2D eigenvalue weighted by Gasteiger charge is -2.18. The highest BCUT2D eigenvalue weighted by atomic mass is 35.5. The number of esters is 1. The third-order valence-electron chi connectivity index (χ3n) is 3.79. The number of aromatic hydroxyl groups is 1. The summed E-state index contributed by atoms with van der Waals surface area (Å²) < 4.78 is 15.4. The fraction of sp³-hybridized carbons (Fsp3) is 0.263. The van der Waals surface area contributed by atoms with Gasteiger partial charge in [0.1, 0.15) is 22.8 Å². The van der Waals surface area contributed by atoms with Crippen LogP contribution in [-0.2, 0) is 9.53 Å². The first-order valence-corrected chi connectivity index (χ1v) is 8.40. The Bertz CT molecular complexity index is 839. The van der Waals surface area contributed by atoms with E-state index >= 15 is 0 Å². The maximum absolute atomic E-state index is 12.1. The van der Waals surface area contributed by atoms with Gasteiger partial charge in [0.05, 0.1) is 20.3 Å². The van der Waals surface area contributed by atoms with Crippen LogP contribution >= 0.6 is 11.6 Å². The molecular weight excluding hydrogens is 374 g/mol. The van der Waals surface area contributed by atoms with Crippen LogP contribution in [0.25, 0.3) is 0 Å². The van der Waals surface area contributed by atoms with Crippen molar-refractivity contribution < 1.29 is 28.9 Å². The lowest BCUT2D eigenvalue weighted by Crippen LogP contribution is -2.31. The van der Waals surface area contributed by atoms with Gasteiger partial charge in [-0.1, -0.05) is 11.6 Å². The van der Waals surface area contributed by atoms with Gasteiger partial charge >= 0.3 is 5.97 Å². The smallest absolute Gasteiger partial charge is 0.342 e. The molecule has 1 atom stereocenters. The van der Waals surface area contributed by atoms with Crippen molar-refractivity contribution in [3.63, 3.8) is 0 Å². The number of phenols is 1. The SMILES string of the molecule is COc1ccc(OC)c([C@@H](C)NC(=O)COC(=O)c2ccc(Cl)cc2O)c1.